The lowest BCUT2D eigenvalue weighted by Gasteiger charge is -2.12. The van der Waals surface area contributed by atoms with Crippen molar-refractivity contribution in [2.45, 2.75) is 25.7 Å². The number of carbonyl (C=O) groups excluding carboxylic acids is 2. The molecule has 0 aliphatic heterocycles. The van der Waals surface area contributed by atoms with Crippen molar-refractivity contribution < 1.29 is 38.4 Å². The number of hydrogen-bond acceptors (Lipinski definition) is 10. The highest BCUT2D eigenvalue weighted by Gasteiger charge is 2.19. The Hall–Kier alpha value is -6.68. The summed E-state index contributed by atoms with van der Waals surface area (Å²) in [5, 5.41) is 21.7. The molecule has 3 aromatic carbocycles. The van der Waals surface area contributed by atoms with E-state index in [0.717, 1.165) is 11.9 Å². The van der Waals surface area contributed by atoms with E-state index in [1.807, 2.05) is 24.4 Å². The molecule has 0 saturated carbocycles. The summed E-state index contributed by atoms with van der Waals surface area (Å²) in [5.41, 5.74) is 3.28. The van der Waals surface area contributed by atoms with E-state index in [4.69, 9.17) is 24.1 Å². The van der Waals surface area contributed by atoms with Gasteiger partial charge in [-0.3, -0.25) is 9.59 Å². The molecule has 3 N–H and O–H groups in total. The molecule has 13 heteroatoms. The number of esters is 1. The Kier molecular flexibility index (Phi) is 13.5. The summed E-state index contributed by atoms with van der Waals surface area (Å²) < 4.78 is 21.4. The second-order valence-electron chi connectivity index (χ2n) is 10.5. The molecule has 0 bridgehead atoms. The Morgan fingerprint density at radius 3 is 2.32 bits per heavy atom. The Morgan fingerprint density at radius 2 is 1.60 bits per heavy atom. The second-order valence-corrected chi connectivity index (χ2v) is 10.5. The van der Waals surface area contributed by atoms with Gasteiger partial charge in [0.15, 0.2) is 0 Å². The van der Waals surface area contributed by atoms with Crippen LogP contribution < -0.4 is 14.8 Å². The topological polar surface area (TPSA) is 186 Å². The number of carboxylic acid groups (broad SMARTS) is 1. The number of nitriles is 1. The number of carboxylic acids is 1. The fourth-order valence-electron chi connectivity index (χ4n) is 4.70. The number of aromatic nitrogens is 3. The largest absolute Gasteiger partial charge is 0.503 e. The zero-order chi connectivity index (χ0) is 35.7. The number of nitrogens with zero attached hydrogens (tertiary/aromatic N) is 3. The summed E-state index contributed by atoms with van der Waals surface area (Å²) in [6.45, 7) is 0.563. The summed E-state index contributed by atoms with van der Waals surface area (Å²) in [5.74, 6) is -0.436. The van der Waals surface area contributed by atoms with Crippen LogP contribution in [0.4, 0.5) is 0 Å². The van der Waals surface area contributed by atoms with Crippen LogP contribution in [0.5, 0.6) is 23.3 Å². The van der Waals surface area contributed by atoms with E-state index in [1.54, 1.807) is 48.5 Å². The van der Waals surface area contributed by atoms with Gasteiger partial charge in [-0.05, 0) is 42.7 Å². The number of para-hydroxylation sites is 3. The SMILES string of the molecule is CO/C=C(/C(=O)OC)c1ccccc1Oc1cc(Oc2ccccc2C#N)ncn1.O=C(O)CCCC(=O)NCCc1c[nH]c2ccccc12. The van der Waals surface area contributed by atoms with Gasteiger partial charge >= 0.3 is 11.9 Å². The molecule has 0 aliphatic carbocycles. The number of nitrogens with one attached hydrogen (secondary N) is 2. The van der Waals surface area contributed by atoms with Crippen LogP contribution in [0.3, 0.4) is 0 Å². The number of rotatable bonds is 14. The smallest absolute Gasteiger partial charge is 0.341 e. The maximum atomic E-state index is 12.1. The van der Waals surface area contributed by atoms with Crippen LogP contribution in [0.1, 0.15) is 36.0 Å². The van der Waals surface area contributed by atoms with Gasteiger partial charge in [0.2, 0.25) is 17.7 Å². The van der Waals surface area contributed by atoms with E-state index in [0.29, 0.717) is 35.6 Å². The average molecular weight is 678 g/mol. The average Bonchev–Trinajstić information content (AvgIpc) is 3.54. The summed E-state index contributed by atoms with van der Waals surface area (Å²) in [4.78, 5) is 45.3. The quantitative estimate of drug-likeness (QED) is 0.0693. The highest BCUT2D eigenvalue weighted by atomic mass is 16.5. The molecule has 256 valence electrons. The van der Waals surface area contributed by atoms with Crippen LogP contribution in [0.15, 0.2) is 97.6 Å². The molecule has 5 rings (SSSR count). The molecule has 0 saturated heterocycles. The van der Waals surface area contributed by atoms with E-state index in [1.165, 1.54) is 43.8 Å². The fourth-order valence-corrected chi connectivity index (χ4v) is 4.70. The predicted molar refractivity (Wildman–Crippen MR) is 183 cm³/mol. The number of fused-ring (bicyclic) bond motifs is 1. The van der Waals surface area contributed by atoms with E-state index in [2.05, 4.69) is 32.4 Å². The van der Waals surface area contributed by atoms with E-state index < -0.39 is 11.9 Å². The van der Waals surface area contributed by atoms with Crippen LogP contribution in [0, 0.1) is 11.3 Å². The molecule has 2 heterocycles. The van der Waals surface area contributed by atoms with Crippen molar-refractivity contribution in [3.05, 3.63) is 114 Å². The number of hydrogen-bond donors (Lipinski definition) is 3. The molecular formula is C37H35N5O8. The van der Waals surface area contributed by atoms with Crippen molar-refractivity contribution in [1.29, 1.82) is 5.26 Å². The Morgan fingerprint density at radius 1 is 0.920 bits per heavy atom. The lowest BCUT2D eigenvalue weighted by molar-refractivity contribution is -0.137. The first-order valence-electron chi connectivity index (χ1n) is 15.4. The van der Waals surface area contributed by atoms with E-state index in [9.17, 15) is 19.6 Å². The first kappa shape index (κ1) is 36.2. The molecule has 0 unspecified atom stereocenters. The van der Waals surface area contributed by atoms with Crippen LogP contribution >= 0.6 is 0 Å². The number of methoxy groups -OCH3 is 2. The van der Waals surface area contributed by atoms with Crippen molar-refractivity contribution in [1.82, 2.24) is 20.3 Å². The highest BCUT2D eigenvalue weighted by Crippen LogP contribution is 2.32. The Bertz CT molecular complexity index is 2000. The van der Waals surface area contributed by atoms with Crippen LogP contribution in [-0.4, -0.2) is 58.7 Å². The Labute approximate surface area is 288 Å². The molecule has 2 aromatic heterocycles. The van der Waals surface area contributed by atoms with Gasteiger partial charge in [0, 0.05) is 42.0 Å². The van der Waals surface area contributed by atoms with Crippen molar-refractivity contribution in [2.24, 2.45) is 0 Å². The van der Waals surface area contributed by atoms with Crippen LogP contribution in [0.2, 0.25) is 0 Å². The third-order valence-corrected chi connectivity index (χ3v) is 7.06. The summed E-state index contributed by atoms with van der Waals surface area (Å²) in [6.07, 6.45) is 5.95. The highest BCUT2D eigenvalue weighted by molar-refractivity contribution is 6.17. The predicted octanol–water partition coefficient (Wildman–Crippen LogP) is 6.17. The first-order valence-corrected chi connectivity index (χ1v) is 15.4. The van der Waals surface area contributed by atoms with Crippen molar-refractivity contribution in [2.75, 3.05) is 20.8 Å². The van der Waals surface area contributed by atoms with Gasteiger partial charge in [-0.2, -0.15) is 5.26 Å². The van der Waals surface area contributed by atoms with Gasteiger partial charge in [0.05, 0.1) is 32.1 Å². The van der Waals surface area contributed by atoms with Gasteiger partial charge in [0.25, 0.3) is 0 Å². The minimum Gasteiger partial charge on any atom is -0.503 e. The zero-order valence-electron chi connectivity index (χ0n) is 27.4. The summed E-state index contributed by atoms with van der Waals surface area (Å²) in [6, 6.07) is 25.2. The number of H-pyrrole nitrogens is 1. The van der Waals surface area contributed by atoms with E-state index >= 15 is 0 Å². The second kappa shape index (κ2) is 18.6. The lowest BCUT2D eigenvalue weighted by Crippen LogP contribution is -2.25. The lowest BCUT2D eigenvalue weighted by atomic mass is 10.1. The Balaban J connectivity index is 0.000000244. The number of aliphatic carboxylic acids is 1. The number of amides is 1. The number of carbonyl (C=O) groups is 3. The van der Waals surface area contributed by atoms with Crippen LogP contribution in [0.25, 0.3) is 16.5 Å². The van der Waals surface area contributed by atoms with Crippen molar-refractivity contribution in [3.8, 4) is 29.3 Å². The molecule has 5 aromatic rings. The van der Waals surface area contributed by atoms with Crippen molar-refractivity contribution >= 4 is 34.3 Å². The summed E-state index contributed by atoms with van der Waals surface area (Å²) >= 11 is 0. The molecule has 0 aliphatic rings. The molecular weight excluding hydrogens is 642 g/mol. The number of benzene rings is 3. The van der Waals surface area contributed by atoms with Crippen molar-refractivity contribution in [3.63, 3.8) is 0 Å². The minimum atomic E-state index is -0.864. The third-order valence-electron chi connectivity index (χ3n) is 7.06. The van der Waals surface area contributed by atoms with Gasteiger partial charge in [-0.15, -0.1) is 0 Å². The molecule has 0 fully saturated rings. The summed E-state index contributed by atoms with van der Waals surface area (Å²) in [7, 11) is 2.71. The molecule has 1 amide bonds. The first-order chi connectivity index (χ1) is 24.3. The molecule has 0 radical (unpaired) electrons. The molecule has 0 atom stereocenters. The minimum absolute atomic E-state index is 0.0376. The van der Waals surface area contributed by atoms with Gasteiger partial charge in [-0.1, -0.05) is 48.5 Å². The van der Waals surface area contributed by atoms with E-state index in [-0.39, 0.29) is 36.1 Å². The van der Waals surface area contributed by atoms with Gasteiger partial charge in [0.1, 0.15) is 29.5 Å². The number of ether oxygens (including phenoxy) is 4. The fraction of sp³-hybridized carbons (Fsp3) is 0.189. The standard InChI is InChI=1S/C22H17N3O5.C15H18N2O3/c1-27-13-17(22(26)28-2)16-8-4-6-10-19(16)30-21-11-20(24-14-25-21)29-18-9-5-3-7-15(18)12-23;18-14(6-3-7-15(19)20)16-9-8-11-10-17-13-5-2-1-4-12(11)13/h3-11,13-14H,1-2H3;1-2,4-5,10,17H,3,6-9H2,(H,16,18)(H,19,20)/b17-13+;. The molecule has 50 heavy (non-hydrogen) atoms. The van der Waals surface area contributed by atoms with Gasteiger partial charge in [-0.25, -0.2) is 14.8 Å². The van der Waals surface area contributed by atoms with Crippen LogP contribution in [-0.2, 0) is 30.3 Å². The molecule has 0 spiro atoms. The molecule has 13 nitrogen and oxygen atoms in total. The maximum absolute atomic E-state index is 12.1. The number of aromatic amines is 1. The maximum Gasteiger partial charge on any atom is 0.341 e. The zero-order valence-corrected chi connectivity index (χ0v) is 27.4. The van der Waals surface area contributed by atoms with Gasteiger partial charge < -0.3 is 34.4 Å². The third kappa shape index (κ3) is 10.4. The normalized spacial score (nSPS) is 10.6. The monoisotopic (exact) mass is 677 g/mol.